The molecule has 1 aliphatic heterocycles. The second-order valence-electron chi connectivity index (χ2n) is 7.77. The van der Waals surface area contributed by atoms with Gasteiger partial charge in [-0.05, 0) is 23.8 Å². The number of nitrogens with zero attached hydrogens (tertiary/aromatic N) is 3. The molecule has 4 rings (SSSR count). The summed E-state index contributed by atoms with van der Waals surface area (Å²) in [7, 11) is 1.51. The second-order valence-corrected chi connectivity index (χ2v) is 7.77. The van der Waals surface area contributed by atoms with Gasteiger partial charge in [-0.15, -0.1) is 0 Å². The smallest absolute Gasteiger partial charge is 0.294 e. The molecule has 33 heavy (non-hydrogen) atoms. The Morgan fingerprint density at radius 3 is 2.55 bits per heavy atom. The molecule has 0 radical (unpaired) electrons. The number of urea groups is 1. The fourth-order valence-corrected chi connectivity index (χ4v) is 3.77. The first kappa shape index (κ1) is 22.6. The Labute approximate surface area is 183 Å². The largest absolute Gasteiger partial charge is 0.416 e. The molecule has 2 unspecified atom stereocenters. The van der Waals surface area contributed by atoms with Crippen molar-refractivity contribution in [1.82, 2.24) is 20.0 Å². The van der Waals surface area contributed by atoms with Crippen molar-refractivity contribution < 1.29 is 31.1 Å². The van der Waals surface area contributed by atoms with E-state index in [2.05, 4.69) is 10.4 Å². The van der Waals surface area contributed by atoms with E-state index in [0.717, 1.165) is 6.08 Å². The van der Waals surface area contributed by atoms with E-state index in [9.17, 15) is 31.1 Å². The zero-order valence-corrected chi connectivity index (χ0v) is 17.0. The van der Waals surface area contributed by atoms with Crippen LogP contribution >= 0.6 is 0 Å². The molecule has 2 heterocycles. The highest BCUT2D eigenvalue weighted by molar-refractivity contribution is 6.15. The van der Waals surface area contributed by atoms with Crippen molar-refractivity contribution in [2.24, 2.45) is 11.8 Å². The predicted molar refractivity (Wildman–Crippen MR) is 108 cm³/mol. The zero-order valence-electron chi connectivity index (χ0n) is 17.0. The minimum Gasteiger partial charge on any atom is -0.294 e. The highest BCUT2D eigenvalue weighted by Gasteiger charge is 2.46. The van der Waals surface area contributed by atoms with Gasteiger partial charge in [0.05, 0.1) is 22.7 Å². The van der Waals surface area contributed by atoms with Crippen molar-refractivity contribution in [3.8, 4) is 0 Å². The molecule has 12 heteroatoms. The summed E-state index contributed by atoms with van der Waals surface area (Å²) in [4.78, 5) is 12.9. The van der Waals surface area contributed by atoms with Gasteiger partial charge in [0, 0.05) is 31.1 Å². The zero-order chi connectivity index (χ0) is 24.1. The molecule has 6 nitrogen and oxygen atoms in total. The number of fused-ring (bicyclic) bond motifs is 1. The van der Waals surface area contributed by atoms with E-state index in [4.69, 9.17) is 5.41 Å². The van der Waals surface area contributed by atoms with E-state index < -0.39 is 35.8 Å². The Morgan fingerprint density at radius 2 is 1.94 bits per heavy atom. The maximum atomic E-state index is 13.5. The number of carbonyl (C=O) groups excluding carboxylic acids is 1. The van der Waals surface area contributed by atoms with E-state index >= 15 is 0 Å². The van der Waals surface area contributed by atoms with Crippen LogP contribution in [0.3, 0.4) is 0 Å². The molecule has 1 aromatic carbocycles. The second kappa shape index (κ2) is 7.78. The van der Waals surface area contributed by atoms with Crippen molar-refractivity contribution in [1.29, 1.82) is 5.41 Å². The molecule has 0 spiro atoms. The first-order valence-electron chi connectivity index (χ1n) is 9.69. The molecule has 2 aromatic rings. The molecule has 0 saturated carbocycles. The molecule has 1 aliphatic carbocycles. The molecule has 2 aliphatic rings. The number of amides is 2. The molecular weight excluding hydrogens is 452 g/mol. The topological polar surface area (TPSA) is 74.0 Å². The standard InChI is InChI=1S/C21H17F6N5O/c1-31-17(18(28)29-19(31)33)7-11-2-5-16-13(6-11)10-32(30-16)9-12-3-4-14(20(22,23)24)8-15(12)21(25,26)27/h2-8,10,12,15H,9H2,1H3,(H2,28,29,33)/b17-7-. The Bertz CT molecular complexity index is 1220. The number of rotatable bonds is 3. The van der Waals surface area contributed by atoms with Crippen molar-refractivity contribution in [3.63, 3.8) is 0 Å². The Balaban J connectivity index is 1.60. The number of carbonyl (C=O) groups is 1. The summed E-state index contributed by atoms with van der Waals surface area (Å²) in [5.74, 6) is -3.61. The SMILES string of the molecule is CN1C(=O)NC(=N)/C1=C/c1ccc2nn(CC3C=CC(C(F)(F)F)=CC3C(F)(F)F)cc2c1. The lowest BCUT2D eigenvalue weighted by atomic mass is 9.85. The van der Waals surface area contributed by atoms with E-state index in [0.29, 0.717) is 28.2 Å². The van der Waals surface area contributed by atoms with Crippen LogP contribution in [0.4, 0.5) is 31.1 Å². The highest BCUT2D eigenvalue weighted by atomic mass is 19.4. The van der Waals surface area contributed by atoms with Crippen molar-refractivity contribution in [3.05, 3.63) is 59.5 Å². The minimum absolute atomic E-state index is 0.0631. The lowest BCUT2D eigenvalue weighted by Gasteiger charge is -2.28. The number of halogens is 6. The Kier molecular flexibility index (Phi) is 5.33. The average molecular weight is 469 g/mol. The first-order chi connectivity index (χ1) is 15.3. The van der Waals surface area contributed by atoms with Crippen LogP contribution in [0.5, 0.6) is 0 Å². The minimum atomic E-state index is -4.86. The van der Waals surface area contributed by atoms with Gasteiger partial charge in [0.2, 0.25) is 0 Å². The molecule has 1 saturated heterocycles. The van der Waals surface area contributed by atoms with Gasteiger partial charge in [-0.1, -0.05) is 24.3 Å². The van der Waals surface area contributed by atoms with Gasteiger partial charge >= 0.3 is 18.4 Å². The van der Waals surface area contributed by atoms with Crippen LogP contribution in [-0.2, 0) is 6.54 Å². The van der Waals surface area contributed by atoms with Crippen molar-refractivity contribution >= 4 is 28.8 Å². The van der Waals surface area contributed by atoms with E-state index in [1.165, 1.54) is 22.8 Å². The number of amidine groups is 1. The molecule has 2 atom stereocenters. The Morgan fingerprint density at radius 1 is 1.21 bits per heavy atom. The normalized spacial score (nSPS) is 22.9. The van der Waals surface area contributed by atoms with Crippen LogP contribution in [0.2, 0.25) is 0 Å². The molecule has 0 bridgehead atoms. The molecule has 2 amide bonds. The lowest BCUT2D eigenvalue weighted by molar-refractivity contribution is -0.173. The van der Waals surface area contributed by atoms with Gasteiger partial charge < -0.3 is 0 Å². The number of hydrogen-bond acceptors (Lipinski definition) is 3. The molecule has 1 fully saturated rings. The number of alkyl halides is 6. The summed E-state index contributed by atoms with van der Waals surface area (Å²) in [6.45, 7) is -0.265. The number of hydrogen-bond donors (Lipinski definition) is 2. The van der Waals surface area contributed by atoms with E-state index in [1.807, 2.05) is 0 Å². The van der Waals surface area contributed by atoms with Gasteiger partial charge in [0.15, 0.2) is 5.84 Å². The molecule has 174 valence electrons. The van der Waals surface area contributed by atoms with Crippen LogP contribution in [0.15, 0.2) is 53.9 Å². The quantitative estimate of drug-likeness (QED) is 0.630. The summed E-state index contributed by atoms with van der Waals surface area (Å²) in [6.07, 6.45) is -4.78. The number of aromatic nitrogens is 2. The molecule has 1 aromatic heterocycles. The average Bonchev–Trinajstić information content (AvgIpc) is 3.21. The summed E-state index contributed by atoms with van der Waals surface area (Å²) in [6, 6.07) is 4.55. The van der Waals surface area contributed by atoms with Gasteiger partial charge in [0.1, 0.15) is 0 Å². The van der Waals surface area contributed by atoms with Gasteiger partial charge in [-0.25, -0.2) is 4.79 Å². The van der Waals surface area contributed by atoms with E-state index in [1.54, 1.807) is 24.3 Å². The van der Waals surface area contributed by atoms with Crippen LogP contribution in [0.25, 0.3) is 17.0 Å². The van der Waals surface area contributed by atoms with Gasteiger partial charge in [0.25, 0.3) is 0 Å². The number of likely N-dealkylation sites (N-methyl/N-ethyl adjacent to an activating group) is 1. The van der Waals surface area contributed by atoms with Crippen LogP contribution in [-0.4, -0.2) is 45.9 Å². The highest BCUT2D eigenvalue weighted by Crippen LogP contribution is 2.41. The monoisotopic (exact) mass is 469 g/mol. The first-order valence-corrected chi connectivity index (χ1v) is 9.69. The lowest BCUT2D eigenvalue weighted by Crippen LogP contribution is -2.33. The van der Waals surface area contributed by atoms with Crippen LogP contribution in [0.1, 0.15) is 5.56 Å². The molecular formula is C21H17F6N5O. The number of nitrogens with one attached hydrogen (secondary N) is 2. The fourth-order valence-electron chi connectivity index (χ4n) is 3.77. The van der Waals surface area contributed by atoms with E-state index in [-0.39, 0.29) is 18.5 Å². The maximum absolute atomic E-state index is 13.5. The number of allylic oxidation sites excluding steroid dienone is 4. The summed E-state index contributed by atoms with van der Waals surface area (Å²) >= 11 is 0. The third-order valence-corrected chi connectivity index (χ3v) is 5.48. The Hall–Kier alpha value is -3.57. The van der Waals surface area contributed by atoms with Crippen molar-refractivity contribution in [2.75, 3.05) is 7.05 Å². The fraction of sp³-hybridized carbons (Fsp3) is 0.286. The van der Waals surface area contributed by atoms with Gasteiger partial charge in [-0.3, -0.25) is 20.3 Å². The van der Waals surface area contributed by atoms with Crippen LogP contribution in [0, 0.1) is 17.2 Å². The number of benzene rings is 1. The van der Waals surface area contributed by atoms with Crippen LogP contribution < -0.4 is 5.32 Å². The predicted octanol–water partition coefficient (Wildman–Crippen LogP) is 4.86. The third-order valence-electron chi connectivity index (χ3n) is 5.48. The summed E-state index contributed by atoms with van der Waals surface area (Å²) in [5.41, 5.74) is 0.142. The summed E-state index contributed by atoms with van der Waals surface area (Å²) in [5, 5.41) is 15.0. The maximum Gasteiger partial charge on any atom is 0.416 e. The van der Waals surface area contributed by atoms with Gasteiger partial charge in [-0.2, -0.15) is 31.4 Å². The molecule has 2 N–H and O–H groups in total. The van der Waals surface area contributed by atoms with Crippen molar-refractivity contribution in [2.45, 2.75) is 18.9 Å². The summed E-state index contributed by atoms with van der Waals surface area (Å²) < 4.78 is 80.4. The third kappa shape index (κ3) is 4.50.